The second-order valence-corrected chi connectivity index (χ2v) is 13.0. The Bertz CT molecular complexity index is 2780. The molecule has 10 rings (SSSR count). The molecule has 4 nitrogen and oxygen atoms in total. The molecule has 0 aliphatic carbocycles. The second kappa shape index (κ2) is 10.7. The summed E-state index contributed by atoms with van der Waals surface area (Å²) in [5.74, 6) is 0.590. The zero-order chi connectivity index (χ0) is 31.6. The van der Waals surface area contributed by atoms with Crippen molar-refractivity contribution in [1.82, 2.24) is 4.98 Å². The highest BCUT2D eigenvalue weighted by atomic mass is 32.1. The van der Waals surface area contributed by atoms with Gasteiger partial charge in [0.25, 0.3) is 0 Å². The maximum atomic E-state index is 6.39. The smallest absolute Gasteiger partial charge is 0.227 e. The summed E-state index contributed by atoms with van der Waals surface area (Å²) in [6.45, 7) is 0. The van der Waals surface area contributed by atoms with E-state index < -0.39 is 0 Å². The van der Waals surface area contributed by atoms with Crippen LogP contribution in [0.3, 0.4) is 0 Å². The molecule has 5 heteroatoms. The first kappa shape index (κ1) is 27.0. The first-order chi connectivity index (χ1) is 23.8. The lowest BCUT2D eigenvalue weighted by molar-refractivity contribution is 0.617. The number of para-hydroxylation sites is 2. The molecule has 0 saturated heterocycles. The van der Waals surface area contributed by atoms with Crippen LogP contribution in [0.25, 0.3) is 75.8 Å². The summed E-state index contributed by atoms with van der Waals surface area (Å²) in [7, 11) is 0. The largest absolute Gasteiger partial charge is 0.456 e. The van der Waals surface area contributed by atoms with Gasteiger partial charge in [0.1, 0.15) is 16.7 Å². The van der Waals surface area contributed by atoms with Crippen LogP contribution in [0.5, 0.6) is 0 Å². The van der Waals surface area contributed by atoms with Gasteiger partial charge in [-0.2, -0.15) is 0 Å². The van der Waals surface area contributed by atoms with Crippen LogP contribution < -0.4 is 4.90 Å². The van der Waals surface area contributed by atoms with Gasteiger partial charge < -0.3 is 13.7 Å². The second-order valence-electron chi connectivity index (χ2n) is 11.9. The van der Waals surface area contributed by atoms with E-state index in [1.165, 1.54) is 20.2 Å². The molecule has 0 bridgehead atoms. The van der Waals surface area contributed by atoms with Crippen molar-refractivity contribution in [2.75, 3.05) is 4.90 Å². The number of oxazole rings is 1. The summed E-state index contributed by atoms with van der Waals surface area (Å²) in [6.07, 6.45) is 0. The van der Waals surface area contributed by atoms with Crippen molar-refractivity contribution in [2.24, 2.45) is 0 Å². The Morgan fingerprint density at radius 1 is 0.479 bits per heavy atom. The number of anilines is 3. The summed E-state index contributed by atoms with van der Waals surface area (Å²) in [5, 5.41) is 4.62. The number of fused-ring (bicyclic) bond motifs is 7. The fourth-order valence-corrected chi connectivity index (χ4v) is 8.11. The summed E-state index contributed by atoms with van der Waals surface area (Å²) in [6, 6.07) is 54.9. The van der Waals surface area contributed by atoms with E-state index in [-0.39, 0.29) is 0 Å². The van der Waals surface area contributed by atoms with Gasteiger partial charge in [-0.15, -0.1) is 11.3 Å². The average Bonchev–Trinajstić information content (AvgIpc) is 3.85. The molecule has 7 aromatic carbocycles. The van der Waals surface area contributed by atoms with Crippen molar-refractivity contribution in [3.8, 4) is 22.6 Å². The minimum absolute atomic E-state index is 0.590. The molecule has 0 aliphatic rings. The van der Waals surface area contributed by atoms with E-state index in [1.54, 1.807) is 0 Å². The van der Waals surface area contributed by atoms with Gasteiger partial charge in [0, 0.05) is 59.5 Å². The van der Waals surface area contributed by atoms with Crippen LogP contribution in [0, 0.1) is 0 Å². The Balaban J connectivity index is 1.19. The molecule has 226 valence electrons. The highest BCUT2D eigenvalue weighted by Gasteiger charge is 2.22. The summed E-state index contributed by atoms with van der Waals surface area (Å²) < 4.78 is 15.3. The van der Waals surface area contributed by atoms with Gasteiger partial charge in [0.2, 0.25) is 5.89 Å². The summed E-state index contributed by atoms with van der Waals surface area (Å²) in [4.78, 5) is 7.45. The Kier molecular flexibility index (Phi) is 6.01. The van der Waals surface area contributed by atoms with Crippen LogP contribution in [-0.2, 0) is 0 Å². The molecule has 0 amide bonds. The number of nitrogens with zero attached hydrogens (tertiary/aromatic N) is 2. The number of rotatable bonds is 5. The number of furan rings is 1. The molecule has 0 N–H and O–H groups in total. The van der Waals surface area contributed by atoms with Crippen LogP contribution in [0.4, 0.5) is 17.1 Å². The fourth-order valence-electron chi connectivity index (χ4n) is 6.98. The molecule has 3 aromatic heterocycles. The lowest BCUT2D eigenvalue weighted by atomic mass is 9.97. The van der Waals surface area contributed by atoms with Crippen LogP contribution in [0.1, 0.15) is 0 Å². The van der Waals surface area contributed by atoms with Gasteiger partial charge >= 0.3 is 0 Å². The number of hydrogen-bond acceptors (Lipinski definition) is 5. The predicted molar refractivity (Wildman–Crippen MR) is 200 cm³/mol. The molecule has 0 unspecified atom stereocenters. The van der Waals surface area contributed by atoms with Crippen molar-refractivity contribution >= 4 is 81.6 Å². The number of hydrogen-bond donors (Lipinski definition) is 0. The van der Waals surface area contributed by atoms with Crippen LogP contribution in [0.2, 0.25) is 0 Å². The molecule has 0 radical (unpaired) electrons. The zero-order valence-corrected chi connectivity index (χ0v) is 26.4. The molecule has 10 aromatic rings. The Labute approximate surface area is 279 Å². The molecule has 0 spiro atoms. The molecule has 48 heavy (non-hydrogen) atoms. The zero-order valence-electron chi connectivity index (χ0n) is 25.6. The van der Waals surface area contributed by atoms with E-state index in [4.69, 9.17) is 13.8 Å². The van der Waals surface area contributed by atoms with Crippen molar-refractivity contribution in [3.05, 3.63) is 158 Å². The molecule has 0 aliphatic heterocycles. The molecule has 0 atom stereocenters. The molecule has 3 heterocycles. The Morgan fingerprint density at radius 2 is 1.17 bits per heavy atom. The first-order valence-electron chi connectivity index (χ1n) is 16.0. The third-order valence-corrected chi connectivity index (χ3v) is 10.2. The third-order valence-electron chi connectivity index (χ3n) is 9.10. The summed E-state index contributed by atoms with van der Waals surface area (Å²) >= 11 is 1.84. The van der Waals surface area contributed by atoms with Gasteiger partial charge in [-0.25, -0.2) is 4.98 Å². The van der Waals surface area contributed by atoms with E-state index in [2.05, 4.69) is 114 Å². The maximum Gasteiger partial charge on any atom is 0.227 e. The van der Waals surface area contributed by atoms with Crippen molar-refractivity contribution in [2.45, 2.75) is 0 Å². The Hall–Kier alpha value is -6.17. The van der Waals surface area contributed by atoms with E-state index in [0.29, 0.717) is 11.5 Å². The van der Waals surface area contributed by atoms with Crippen molar-refractivity contribution < 1.29 is 8.83 Å². The Morgan fingerprint density at radius 3 is 2.00 bits per heavy atom. The number of benzene rings is 7. The van der Waals surface area contributed by atoms with Gasteiger partial charge in [-0.1, -0.05) is 91.0 Å². The van der Waals surface area contributed by atoms with Gasteiger partial charge in [-0.3, -0.25) is 0 Å². The van der Waals surface area contributed by atoms with E-state index in [9.17, 15) is 0 Å². The average molecular weight is 635 g/mol. The predicted octanol–water partition coefficient (Wildman–Crippen LogP) is 12.9. The lowest BCUT2D eigenvalue weighted by Crippen LogP contribution is -2.10. The maximum absolute atomic E-state index is 6.39. The lowest BCUT2D eigenvalue weighted by Gasteiger charge is -2.26. The highest BCUT2D eigenvalue weighted by molar-refractivity contribution is 7.26. The van der Waals surface area contributed by atoms with Crippen molar-refractivity contribution in [1.29, 1.82) is 0 Å². The number of aromatic nitrogens is 1. The van der Waals surface area contributed by atoms with E-state index in [1.807, 2.05) is 59.9 Å². The van der Waals surface area contributed by atoms with Gasteiger partial charge in [-0.05, 0) is 66.2 Å². The van der Waals surface area contributed by atoms with Crippen LogP contribution in [0.15, 0.2) is 167 Å². The minimum Gasteiger partial charge on any atom is -0.456 e. The quantitative estimate of drug-likeness (QED) is 0.189. The van der Waals surface area contributed by atoms with E-state index >= 15 is 0 Å². The molecular formula is C43H26N2O2S. The van der Waals surface area contributed by atoms with Crippen LogP contribution in [-0.4, -0.2) is 4.98 Å². The number of thiophene rings is 1. The molecule has 0 saturated carbocycles. The van der Waals surface area contributed by atoms with Gasteiger partial charge in [0.05, 0.1) is 5.69 Å². The normalized spacial score (nSPS) is 11.8. The molecule has 0 fully saturated rings. The van der Waals surface area contributed by atoms with Crippen molar-refractivity contribution in [3.63, 3.8) is 0 Å². The monoisotopic (exact) mass is 634 g/mol. The first-order valence-corrected chi connectivity index (χ1v) is 16.8. The topological polar surface area (TPSA) is 42.4 Å². The van der Waals surface area contributed by atoms with Gasteiger partial charge in [0.15, 0.2) is 5.58 Å². The third kappa shape index (κ3) is 4.18. The van der Waals surface area contributed by atoms with Crippen LogP contribution >= 0.6 is 11.3 Å². The SMILES string of the molecule is c1ccc(-c2nc3c(-c4ccc(N(c5ccccc5)c5cccc6sc7ccccc7c56)cc4)c4c(cc3o2)oc2ccccc24)cc1. The molecular weight excluding hydrogens is 609 g/mol. The minimum atomic E-state index is 0.590. The fraction of sp³-hybridized carbons (Fsp3) is 0. The standard InChI is InChI=1S/C43H26N2O2S/c1-3-12-28(13-4-1)43-44-42-36(47-43)26-35-41(31-16-7-9-19-34(31)46-35)39(42)27-22-24-30(25-23-27)45(29-14-5-2-6-15-29)33-18-11-21-38-40(33)32-17-8-10-20-37(32)48-38/h1-26H. The van der Waals surface area contributed by atoms with E-state index in [0.717, 1.165) is 61.2 Å². The summed E-state index contributed by atoms with van der Waals surface area (Å²) in [5.41, 5.74) is 9.43. The highest BCUT2D eigenvalue weighted by Crippen LogP contribution is 2.46.